The largest absolute Gasteiger partial charge is 0.354 e. The maximum absolute atomic E-state index is 12.0. The lowest BCUT2D eigenvalue weighted by Crippen LogP contribution is -2.53. The van der Waals surface area contributed by atoms with E-state index in [4.69, 9.17) is 10.9 Å². The Balaban J connectivity index is 1.85. The van der Waals surface area contributed by atoms with Gasteiger partial charge in [-0.05, 0) is 49.8 Å². The van der Waals surface area contributed by atoms with Crippen LogP contribution >= 0.6 is 0 Å². The summed E-state index contributed by atoms with van der Waals surface area (Å²) in [5, 5.41) is 7.86. The van der Waals surface area contributed by atoms with E-state index in [2.05, 4.69) is 5.32 Å². The zero-order chi connectivity index (χ0) is 15.7. The normalized spacial score (nSPS) is 18.0. The number of amides is 1. The van der Waals surface area contributed by atoms with Crippen LogP contribution in [0.3, 0.4) is 0 Å². The molecule has 116 valence electrons. The summed E-state index contributed by atoms with van der Waals surface area (Å²) < 4.78 is 22.3. The lowest BCUT2D eigenvalue weighted by molar-refractivity contribution is -0.126. The Morgan fingerprint density at radius 3 is 2.38 bits per heavy atom. The monoisotopic (exact) mass is 311 g/mol. The summed E-state index contributed by atoms with van der Waals surface area (Å²) in [6, 6.07) is 6.30. The predicted molar refractivity (Wildman–Crippen MR) is 79.8 cm³/mol. The molecule has 0 heterocycles. The van der Waals surface area contributed by atoms with E-state index in [0.717, 1.165) is 18.4 Å². The Morgan fingerprint density at radius 1 is 1.33 bits per heavy atom. The van der Waals surface area contributed by atoms with Crippen molar-refractivity contribution >= 4 is 15.9 Å². The zero-order valence-corrected chi connectivity index (χ0v) is 12.8. The molecule has 21 heavy (non-hydrogen) atoms. The van der Waals surface area contributed by atoms with Crippen LogP contribution in [-0.2, 0) is 21.2 Å². The molecule has 1 atom stereocenters. The van der Waals surface area contributed by atoms with Gasteiger partial charge in [-0.15, -0.1) is 0 Å². The van der Waals surface area contributed by atoms with Gasteiger partial charge in [-0.25, -0.2) is 13.6 Å². The van der Waals surface area contributed by atoms with Gasteiger partial charge in [-0.2, -0.15) is 0 Å². The number of benzene rings is 1. The van der Waals surface area contributed by atoms with Gasteiger partial charge in [0.15, 0.2) is 0 Å². The molecule has 1 aliphatic carbocycles. The van der Waals surface area contributed by atoms with Crippen molar-refractivity contribution < 1.29 is 13.2 Å². The summed E-state index contributed by atoms with van der Waals surface area (Å²) in [4.78, 5) is 12.1. The molecule has 2 rings (SSSR count). The number of sulfonamides is 1. The minimum Gasteiger partial charge on any atom is -0.354 e. The molecule has 5 N–H and O–H groups in total. The van der Waals surface area contributed by atoms with Gasteiger partial charge in [0.05, 0.1) is 10.4 Å². The van der Waals surface area contributed by atoms with Crippen molar-refractivity contribution in [3.8, 4) is 0 Å². The van der Waals surface area contributed by atoms with Crippen molar-refractivity contribution in [3.63, 3.8) is 0 Å². The molecular weight excluding hydrogens is 290 g/mol. The molecule has 1 aromatic rings. The number of hydrogen-bond acceptors (Lipinski definition) is 4. The molecule has 0 bridgehead atoms. The Labute approximate surface area is 124 Å². The van der Waals surface area contributed by atoms with Gasteiger partial charge in [0.25, 0.3) is 0 Å². The number of carbonyl (C=O) groups excluding carboxylic acids is 1. The summed E-state index contributed by atoms with van der Waals surface area (Å²) in [5.41, 5.74) is 6.15. The quantitative estimate of drug-likeness (QED) is 0.692. The SMILES string of the molecule is CC(N)(C(=O)NCCc1ccc(S(N)(=O)=O)cc1)C1CC1. The fourth-order valence-corrected chi connectivity index (χ4v) is 2.74. The van der Waals surface area contributed by atoms with Crippen LogP contribution in [0.1, 0.15) is 25.3 Å². The van der Waals surface area contributed by atoms with Crippen LogP contribution in [0.15, 0.2) is 29.2 Å². The summed E-state index contributed by atoms with van der Waals surface area (Å²) in [6.07, 6.45) is 2.63. The van der Waals surface area contributed by atoms with Crippen LogP contribution in [0, 0.1) is 5.92 Å². The lowest BCUT2D eigenvalue weighted by Gasteiger charge is -2.23. The first kappa shape index (κ1) is 15.9. The Morgan fingerprint density at radius 2 is 1.90 bits per heavy atom. The van der Waals surface area contributed by atoms with Crippen molar-refractivity contribution in [2.45, 2.75) is 36.6 Å². The second-order valence-electron chi connectivity index (χ2n) is 5.75. The highest BCUT2D eigenvalue weighted by Gasteiger charge is 2.43. The molecule has 7 heteroatoms. The average Bonchev–Trinajstić information content (AvgIpc) is 3.22. The Kier molecular flexibility index (Phi) is 4.36. The molecule has 1 fully saturated rings. The first-order chi connectivity index (χ1) is 9.71. The number of carbonyl (C=O) groups is 1. The highest BCUT2D eigenvalue weighted by molar-refractivity contribution is 7.89. The fourth-order valence-electron chi connectivity index (χ4n) is 2.23. The van der Waals surface area contributed by atoms with Gasteiger partial charge in [-0.3, -0.25) is 4.79 Å². The van der Waals surface area contributed by atoms with Crippen molar-refractivity contribution in [2.75, 3.05) is 6.54 Å². The van der Waals surface area contributed by atoms with Gasteiger partial charge < -0.3 is 11.1 Å². The molecule has 1 aliphatic rings. The van der Waals surface area contributed by atoms with Crippen molar-refractivity contribution in [1.82, 2.24) is 5.32 Å². The summed E-state index contributed by atoms with van der Waals surface area (Å²) in [7, 11) is -3.66. The molecule has 1 aromatic carbocycles. The van der Waals surface area contributed by atoms with E-state index in [-0.39, 0.29) is 16.7 Å². The molecule has 1 unspecified atom stereocenters. The number of nitrogens with two attached hydrogens (primary N) is 2. The third kappa shape index (κ3) is 4.03. The number of nitrogens with one attached hydrogen (secondary N) is 1. The van der Waals surface area contributed by atoms with Gasteiger partial charge in [0, 0.05) is 6.54 Å². The molecular formula is C14H21N3O3S. The molecule has 0 spiro atoms. The van der Waals surface area contributed by atoms with Crippen molar-refractivity contribution in [2.24, 2.45) is 16.8 Å². The smallest absolute Gasteiger partial charge is 0.240 e. The van der Waals surface area contributed by atoms with E-state index < -0.39 is 15.6 Å². The van der Waals surface area contributed by atoms with E-state index in [0.29, 0.717) is 13.0 Å². The lowest BCUT2D eigenvalue weighted by atomic mass is 9.96. The summed E-state index contributed by atoms with van der Waals surface area (Å²) >= 11 is 0. The standard InChI is InChI=1S/C14H21N3O3S/c1-14(15,11-4-5-11)13(18)17-9-8-10-2-6-12(7-3-10)21(16,19)20/h2-3,6-7,11H,4-5,8-9,15H2,1H3,(H,17,18)(H2,16,19,20). The Bertz CT molecular complexity index is 619. The molecule has 0 aromatic heterocycles. The second kappa shape index (κ2) is 5.75. The van der Waals surface area contributed by atoms with Gasteiger partial charge in [-0.1, -0.05) is 12.1 Å². The number of primary sulfonamides is 1. The average molecular weight is 311 g/mol. The van der Waals surface area contributed by atoms with E-state index in [9.17, 15) is 13.2 Å². The molecule has 0 saturated heterocycles. The highest BCUT2D eigenvalue weighted by atomic mass is 32.2. The van der Waals surface area contributed by atoms with Crippen LogP contribution in [0.25, 0.3) is 0 Å². The third-order valence-electron chi connectivity index (χ3n) is 3.87. The maximum atomic E-state index is 12.0. The summed E-state index contributed by atoms with van der Waals surface area (Å²) in [5.74, 6) is 0.151. The maximum Gasteiger partial charge on any atom is 0.240 e. The predicted octanol–water partition coefficient (Wildman–Crippen LogP) is 0.120. The highest BCUT2D eigenvalue weighted by Crippen LogP contribution is 2.38. The summed E-state index contributed by atoms with van der Waals surface area (Å²) in [6.45, 7) is 2.23. The van der Waals surface area contributed by atoms with Gasteiger partial charge >= 0.3 is 0 Å². The van der Waals surface area contributed by atoms with Crippen LogP contribution in [0.2, 0.25) is 0 Å². The van der Waals surface area contributed by atoms with E-state index in [1.54, 1.807) is 19.1 Å². The van der Waals surface area contributed by atoms with E-state index >= 15 is 0 Å². The van der Waals surface area contributed by atoms with E-state index in [1.807, 2.05) is 0 Å². The minimum atomic E-state index is -3.66. The Hall–Kier alpha value is -1.44. The van der Waals surface area contributed by atoms with Crippen molar-refractivity contribution in [3.05, 3.63) is 29.8 Å². The van der Waals surface area contributed by atoms with Gasteiger partial charge in [0.2, 0.25) is 15.9 Å². The van der Waals surface area contributed by atoms with Crippen LogP contribution < -0.4 is 16.2 Å². The van der Waals surface area contributed by atoms with E-state index in [1.165, 1.54) is 12.1 Å². The van der Waals surface area contributed by atoms with Crippen molar-refractivity contribution in [1.29, 1.82) is 0 Å². The molecule has 1 saturated carbocycles. The topological polar surface area (TPSA) is 115 Å². The molecule has 1 amide bonds. The van der Waals surface area contributed by atoms with Crippen LogP contribution in [-0.4, -0.2) is 26.4 Å². The molecule has 0 radical (unpaired) electrons. The number of rotatable bonds is 6. The molecule has 6 nitrogen and oxygen atoms in total. The van der Waals surface area contributed by atoms with Gasteiger partial charge in [0.1, 0.15) is 0 Å². The minimum absolute atomic E-state index is 0.0820. The number of hydrogen-bond donors (Lipinski definition) is 3. The zero-order valence-electron chi connectivity index (χ0n) is 12.0. The van der Waals surface area contributed by atoms with Crippen LogP contribution in [0.5, 0.6) is 0 Å². The molecule has 0 aliphatic heterocycles. The third-order valence-corrected chi connectivity index (χ3v) is 4.80. The first-order valence-electron chi connectivity index (χ1n) is 6.90. The fraction of sp³-hybridized carbons (Fsp3) is 0.500. The first-order valence-corrected chi connectivity index (χ1v) is 8.45. The second-order valence-corrected chi connectivity index (χ2v) is 7.31. The van der Waals surface area contributed by atoms with Crippen LogP contribution in [0.4, 0.5) is 0 Å².